The first kappa shape index (κ1) is 18.7. The number of aryl methyl sites for hydroxylation is 1. The number of nitrogens with zero attached hydrogens (tertiary/aromatic N) is 3. The summed E-state index contributed by atoms with van der Waals surface area (Å²) in [6, 6.07) is 8.06. The molecule has 0 bridgehead atoms. The van der Waals surface area contributed by atoms with Crippen LogP contribution in [0.5, 0.6) is 0 Å². The van der Waals surface area contributed by atoms with Crippen LogP contribution < -0.4 is 0 Å². The smallest absolute Gasteiger partial charge is 0.292 e. The number of aromatic nitrogens is 1. The van der Waals surface area contributed by atoms with Crippen LogP contribution in [0.2, 0.25) is 0 Å². The Kier molecular flexibility index (Phi) is 4.91. The van der Waals surface area contributed by atoms with Crippen LogP contribution in [-0.4, -0.2) is 52.9 Å². The third-order valence-electron chi connectivity index (χ3n) is 5.94. The minimum Gasteiger partial charge on any atom is -0.351 e. The lowest BCUT2D eigenvalue weighted by molar-refractivity contribution is -0.138. The topological polar surface area (TPSA) is 66.7 Å². The van der Waals surface area contributed by atoms with Crippen molar-refractivity contribution in [2.45, 2.75) is 38.0 Å². The molecule has 148 valence electrons. The minimum absolute atomic E-state index is 0.0539. The number of halogens is 1. The van der Waals surface area contributed by atoms with Gasteiger partial charge in [0.2, 0.25) is 11.7 Å². The second-order valence-electron chi connectivity index (χ2n) is 7.72. The first-order chi connectivity index (χ1) is 13.5. The van der Waals surface area contributed by atoms with E-state index in [9.17, 15) is 14.0 Å². The van der Waals surface area contributed by atoms with E-state index in [2.05, 4.69) is 5.16 Å². The van der Waals surface area contributed by atoms with Crippen LogP contribution in [0.4, 0.5) is 4.39 Å². The molecule has 6 nitrogen and oxygen atoms in total. The van der Waals surface area contributed by atoms with Crippen molar-refractivity contribution in [3.05, 3.63) is 53.2 Å². The van der Waals surface area contributed by atoms with Gasteiger partial charge in [-0.15, -0.1) is 0 Å². The van der Waals surface area contributed by atoms with Crippen molar-refractivity contribution in [2.24, 2.45) is 0 Å². The number of carbonyl (C=O) groups excluding carboxylic acids is 2. The van der Waals surface area contributed by atoms with Crippen molar-refractivity contribution < 1.29 is 18.5 Å². The number of hydrogen-bond acceptors (Lipinski definition) is 4. The third-order valence-corrected chi connectivity index (χ3v) is 5.94. The summed E-state index contributed by atoms with van der Waals surface area (Å²) in [5.74, 6) is -0.231. The molecule has 0 N–H and O–H groups in total. The molecule has 28 heavy (non-hydrogen) atoms. The van der Waals surface area contributed by atoms with Crippen LogP contribution in [0.1, 0.15) is 47.5 Å². The number of rotatable bonds is 3. The van der Waals surface area contributed by atoms with E-state index in [1.807, 2.05) is 11.0 Å². The number of benzene rings is 1. The quantitative estimate of drug-likeness (QED) is 0.815. The second-order valence-corrected chi connectivity index (χ2v) is 7.72. The summed E-state index contributed by atoms with van der Waals surface area (Å²) in [5, 5.41) is 3.76. The van der Waals surface area contributed by atoms with Gasteiger partial charge >= 0.3 is 0 Å². The van der Waals surface area contributed by atoms with Crippen molar-refractivity contribution >= 4 is 11.8 Å². The van der Waals surface area contributed by atoms with Gasteiger partial charge in [0, 0.05) is 32.2 Å². The number of hydrogen-bond donors (Lipinski definition) is 0. The summed E-state index contributed by atoms with van der Waals surface area (Å²) in [7, 11) is 0. The fraction of sp³-hybridized carbons (Fsp3) is 0.476. The first-order valence-electron chi connectivity index (χ1n) is 9.78. The Morgan fingerprint density at radius 1 is 1.07 bits per heavy atom. The Bertz CT molecular complexity index is 881. The zero-order valence-electron chi connectivity index (χ0n) is 16.0. The fourth-order valence-corrected chi connectivity index (χ4v) is 4.43. The second kappa shape index (κ2) is 7.37. The number of piperazine rings is 1. The van der Waals surface area contributed by atoms with E-state index in [-0.39, 0.29) is 23.4 Å². The Hall–Kier alpha value is -2.70. The summed E-state index contributed by atoms with van der Waals surface area (Å²) in [5.41, 5.74) is 0.789. The monoisotopic (exact) mass is 385 g/mol. The van der Waals surface area contributed by atoms with Crippen LogP contribution in [-0.2, 0) is 10.2 Å². The molecule has 2 fully saturated rings. The van der Waals surface area contributed by atoms with Crippen molar-refractivity contribution in [2.75, 3.05) is 26.2 Å². The average molecular weight is 385 g/mol. The van der Waals surface area contributed by atoms with Crippen LogP contribution in [0.3, 0.4) is 0 Å². The minimum atomic E-state index is -0.643. The zero-order chi connectivity index (χ0) is 19.7. The summed E-state index contributed by atoms with van der Waals surface area (Å²) in [6.45, 7) is 3.60. The summed E-state index contributed by atoms with van der Waals surface area (Å²) < 4.78 is 18.9. The van der Waals surface area contributed by atoms with Crippen LogP contribution in [0.15, 0.2) is 34.9 Å². The molecule has 0 unspecified atom stereocenters. The predicted octanol–water partition coefficient (Wildman–Crippen LogP) is 2.92. The van der Waals surface area contributed by atoms with Gasteiger partial charge in [0.05, 0.1) is 11.1 Å². The Morgan fingerprint density at radius 2 is 1.75 bits per heavy atom. The lowest BCUT2D eigenvalue weighted by Gasteiger charge is -2.39. The van der Waals surface area contributed by atoms with Crippen molar-refractivity contribution in [1.29, 1.82) is 0 Å². The molecule has 0 radical (unpaired) electrons. The Morgan fingerprint density at radius 3 is 2.36 bits per heavy atom. The van der Waals surface area contributed by atoms with Gasteiger partial charge in [-0.1, -0.05) is 30.1 Å². The zero-order valence-corrected chi connectivity index (χ0v) is 16.0. The van der Waals surface area contributed by atoms with E-state index in [0.29, 0.717) is 31.9 Å². The van der Waals surface area contributed by atoms with Crippen LogP contribution in [0, 0.1) is 12.7 Å². The molecule has 2 heterocycles. The number of amides is 2. The summed E-state index contributed by atoms with van der Waals surface area (Å²) in [6.07, 6.45) is 3.41. The molecule has 1 aliphatic heterocycles. The highest BCUT2D eigenvalue weighted by molar-refractivity contribution is 5.92. The van der Waals surface area contributed by atoms with E-state index >= 15 is 0 Å². The molecule has 1 aromatic carbocycles. The standard InChI is InChI=1S/C21H24FN3O3/c1-15-13-18(28-23-15)19(26)24-9-11-25(12-10-24)20(27)21(7-2-3-8-21)16-5-4-6-17(22)14-16/h4-6,13-14H,2-3,7-12H2,1H3. The highest BCUT2D eigenvalue weighted by atomic mass is 19.1. The molecule has 0 spiro atoms. The first-order valence-corrected chi connectivity index (χ1v) is 9.78. The molecule has 1 saturated carbocycles. The number of carbonyl (C=O) groups is 2. The van der Waals surface area contributed by atoms with Gasteiger partial charge in [-0.05, 0) is 37.5 Å². The van der Waals surface area contributed by atoms with E-state index < -0.39 is 5.41 Å². The average Bonchev–Trinajstić information content (AvgIpc) is 3.37. The fourth-order valence-electron chi connectivity index (χ4n) is 4.43. The van der Waals surface area contributed by atoms with E-state index in [0.717, 1.165) is 31.2 Å². The summed E-state index contributed by atoms with van der Waals surface area (Å²) >= 11 is 0. The van der Waals surface area contributed by atoms with Gasteiger partial charge in [-0.2, -0.15) is 0 Å². The SMILES string of the molecule is Cc1cc(C(=O)N2CCN(C(=O)C3(c4cccc(F)c4)CCCC3)CC2)on1. The van der Waals surface area contributed by atoms with E-state index in [4.69, 9.17) is 4.52 Å². The van der Waals surface area contributed by atoms with E-state index in [1.165, 1.54) is 12.1 Å². The predicted molar refractivity (Wildman–Crippen MR) is 100 cm³/mol. The molecule has 2 amide bonds. The van der Waals surface area contributed by atoms with Crippen molar-refractivity contribution in [3.63, 3.8) is 0 Å². The van der Waals surface area contributed by atoms with Gasteiger partial charge < -0.3 is 14.3 Å². The van der Waals surface area contributed by atoms with Crippen molar-refractivity contribution in [1.82, 2.24) is 15.0 Å². The lowest BCUT2D eigenvalue weighted by atomic mass is 9.77. The molecule has 0 atom stereocenters. The van der Waals surface area contributed by atoms with Gasteiger partial charge in [0.1, 0.15) is 5.82 Å². The lowest BCUT2D eigenvalue weighted by Crippen LogP contribution is -2.55. The van der Waals surface area contributed by atoms with Gasteiger partial charge in [0.25, 0.3) is 5.91 Å². The third kappa shape index (κ3) is 3.30. The maximum absolute atomic E-state index is 13.8. The van der Waals surface area contributed by atoms with Gasteiger partial charge in [-0.25, -0.2) is 4.39 Å². The van der Waals surface area contributed by atoms with Gasteiger partial charge in [-0.3, -0.25) is 9.59 Å². The normalized spacial score (nSPS) is 19.1. The van der Waals surface area contributed by atoms with Gasteiger partial charge in [0.15, 0.2) is 0 Å². The molecule has 1 aromatic heterocycles. The molecule has 2 aromatic rings. The van der Waals surface area contributed by atoms with Crippen molar-refractivity contribution in [3.8, 4) is 0 Å². The molecule has 4 rings (SSSR count). The largest absolute Gasteiger partial charge is 0.351 e. The molecule has 1 saturated heterocycles. The van der Waals surface area contributed by atoms with Crippen LogP contribution in [0.25, 0.3) is 0 Å². The Labute approximate surface area is 163 Å². The highest BCUT2D eigenvalue weighted by Gasteiger charge is 2.45. The van der Waals surface area contributed by atoms with E-state index in [1.54, 1.807) is 24.0 Å². The maximum Gasteiger partial charge on any atom is 0.292 e. The molecular formula is C21H24FN3O3. The Balaban J connectivity index is 1.47. The molecule has 1 aliphatic carbocycles. The molecule has 7 heteroatoms. The summed E-state index contributed by atoms with van der Waals surface area (Å²) in [4.78, 5) is 29.5. The highest BCUT2D eigenvalue weighted by Crippen LogP contribution is 2.43. The molecule has 2 aliphatic rings. The van der Waals surface area contributed by atoms with Crippen LogP contribution >= 0.6 is 0 Å². The maximum atomic E-state index is 13.8. The molecular weight excluding hydrogens is 361 g/mol.